The number of hydrogen-bond donors (Lipinski definition) is 3. The summed E-state index contributed by atoms with van der Waals surface area (Å²) in [5, 5.41) is 20.1. The molecule has 4 N–H and O–H groups in total. The molecule has 0 aliphatic carbocycles. The zero-order valence-corrected chi connectivity index (χ0v) is 17.3. The van der Waals surface area contributed by atoms with Gasteiger partial charge in [0.05, 0.1) is 17.9 Å². The molecule has 0 saturated heterocycles. The van der Waals surface area contributed by atoms with E-state index in [4.69, 9.17) is 5.73 Å². The number of primary amides is 1. The van der Waals surface area contributed by atoms with Crippen molar-refractivity contribution < 1.29 is 28.2 Å². The summed E-state index contributed by atoms with van der Waals surface area (Å²) in [6.45, 7) is -0.157. The molecule has 6 nitrogen and oxygen atoms in total. The van der Waals surface area contributed by atoms with Gasteiger partial charge >= 0.3 is 6.18 Å². The van der Waals surface area contributed by atoms with Gasteiger partial charge in [-0.05, 0) is 59.2 Å². The third-order valence-corrected chi connectivity index (χ3v) is 5.35. The molecule has 1 amide bonds. The minimum Gasteiger partial charge on any atom is -0.393 e. The highest BCUT2D eigenvalue weighted by atomic mass is 19.4. The van der Waals surface area contributed by atoms with Crippen molar-refractivity contribution in [1.29, 1.82) is 0 Å². The molecule has 0 bridgehead atoms. The number of benzene rings is 2. The topological polar surface area (TPSA) is 101 Å². The van der Waals surface area contributed by atoms with Crippen molar-refractivity contribution in [3.8, 4) is 11.1 Å². The molecular formula is C24H20F3N3O3. The van der Waals surface area contributed by atoms with Crippen molar-refractivity contribution in [1.82, 2.24) is 9.55 Å². The number of nitrogens with zero attached hydrogens (tertiary/aromatic N) is 2. The Morgan fingerprint density at radius 2 is 1.76 bits per heavy atom. The summed E-state index contributed by atoms with van der Waals surface area (Å²) in [4.78, 5) is 15.7. The summed E-state index contributed by atoms with van der Waals surface area (Å²) in [6, 6.07) is 15.6. The summed E-state index contributed by atoms with van der Waals surface area (Å²) >= 11 is 0. The molecule has 170 valence electrons. The average molecular weight is 455 g/mol. The van der Waals surface area contributed by atoms with Crippen molar-refractivity contribution in [2.24, 2.45) is 5.73 Å². The van der Waals surface area contributed by atoms with E-state index in [1.54, 1.807) is 6.07 Å². The fourth-order valence-electron chi connectivity index (χ4n) is 3.62. The quantitative estimate of drug-likeness (QED) is 0.411. The Bertz CT molecular complexity index is 1310. The van der Waals surface area contributed by atoms with Gasteiger partial charge in [0, 0.05) is 23.6 Å². The summed E-state index contributed by atoms with van der Waals surface area (Å²) in [5.41, 5.74) is 7.71. The molecule has 1 atom stereocenters. The van der Waals surface area contributed by atoms with E-state index in [-0.39, 0.29) is 11.4 Å². The number of amides is 1. The fourth-order valence-corrected chi connectivity index (χ4v) is 3.62. The van der Waals surface area contributed by atoms with Crippen LogP contribution in [-0.2, 0) is 12.7 Å². The molecule has 4 rings (SSSR count). The highest BCUT2D eigenvalue weighted by Gasteiger charge is 2.29. The van der Waals surface area contributed by atoms with Gasteiger partial charge in [-0.3, -0.25) is 4.79 Å². The Morgan fingerprint density at radius 3 is 2.39 bits per heavy atom. The van der Waals surface area contributed by atoms with E-state index in [1.807, 2.05) is 35.0 Å². The number of pyridine rings is 1. The van der Waals surface area contributed by atoms with Crippen LogP contribution in [0, 0.1) is 0 Å². The van der Waals surface area contributed by atoms with E-state index in [9.17, 15) is 28.2 Å². The lowest BCUT2D eigenvalue weighted by atomic mass is 10.0. The number of aliphatic hydroxyl groups excluding tert-OH is 2. The largest absolute Gasteiger partial charge is 0.416 e. The van der Waals surface area contributed by atoms with Crippen LogP contribution in [0.4, 0.5) is 13.2 Å². The zero-order valence-electron chi connectivity index (χ0n) is 17.3. The second-order valence-electron chi connectivity index (χ2n) is 7.64. The maximum Gasteiger partial charge on any atom is 0.416 e. The molecular weight excluding hydrogens is 435 g/mol. The Balaban J connectivity index is 1.66. The molecule has 4 aromatic rings. The average Bonchev–Trinajstić information content (AvgIpc) is 3.19. The van der Waals surface area contributed by atoms with Crippen molar-refractivity contribution in [3.63, 3.8) is 0 Å². The summed E-state index contributed by atoms with van der Waals surface area (Å²) in [5.74, 6) is -0.757. The third-order valence-electron chi connectivity index (χ3n) is 5.35. The Hall–Kier alpha value is -3.69. The number of carbonyl (C=O) groups excluding carboxylic acids is 1. The first-order chi connectivity index (χ1) is 15.7. The molecule has 0 aliphatic heterocycles. The smallest absolute Gasteiger partial charge is 0.393 e. The molecule has 0 saturated carbocycles. The van der Waals surface area contributed by atoms with E-state index in [2.05, 4.69) is 4.98 Å². The highest BCUT2D eigenvalue weighted by Crippen LogP contribution is 2.30. The number of halogens is 3. The van der Waals surface area contributed by atoms with Crippen molar-refractivity contribution in [2.45, 2.75) is 18.8 Å². The first-order valence-electron chi connectivity index (χ1n) is 10.0. The molecule has 2 aromatic heterocycles. The van der Waals surface area contributed by atoms with Crippen LogP contribution < -0.4 is 5.73 Å². The highest BCUT2D eigenvalue weighted by molar-refractivity contribution is 5.93. The Kier molecular flexibility index (Phi) is 5.92. The third kappa shape index (κ3) is 4.74. The number of rotatable bonds is 6. The van der Waals surface area contributed by atoms with E-state index < -0.39 is 30.4 Å². The first kappa shape index (κ1) is 22.5. The van der Waals surface area contributed by atoms with Gasteiger partial charge in [-0.2, -0.15) is 13.2 Å². The number of carbonyl (C=O) groups is 1. The van der Waals surface area contributed by atoms with Crippen LogP contribution >= 0.6 is 0 Å². The van der Waals surface area contributed by atoms with Gasteiger partial charge in [-0.1, -0.05) is 18.2 Å². The molecule has 2 heterocycles. The monoisotopic (exact) mass is 455 g/mol. The SMILES string of the molecule is NC(=O)c1cc(-c2ccc3c(ccn3Cc3ccc(C(F)(F)F)cc3)c2)cc([C@H](O)CO)n1. The normalized spacial score (nSPS) is 12.8. The minimum absolute atomic E-state index is 0.0324. The van der Waals surface area contributed by atoms with Crippen molar-refractivity contribution in [2.75, 3.05) is 6.61 Å². The number of nitrogens with two attached hydrogens (primary N) is 1. The van der Waals surface area contributed by atoms with Crippen LogP contribution in [0.5, 0.6) is 0 Å². The number of fused-ring (bicyclic) bond motifs is 1. The predicted molar refractivity (Wildman–Crippen MR) is 116 cm³/mol. The van der Waals surface area contributed by atoms with Gasteiger partial charge < -0.3 is 20.5 Å². The molecule has 0 spiro atoms. The maximum atomic E-state index is 12.8. The number of aliphatic hydroxyl groups is 2. The zero-order chi connectivity index (χ0) is 23.8. The van der Waals surface area contributed by atoms with Crippen LogP contribution in [-0.4, -0.2) is 32.3 Å². The van der Waals surface area contributed by atoms with Gasteiger partial charge in [0.25, 0.3) is 5.91 Å². The lowest BCUT2D eigenvalue weighted by Crippen LogP contribution is -2.16. The maximum absolute atomic E-state index is 12.8. The minimum atomic E-state index is -4.37. The molecule has 9 heteroatoms. The number of hydrogen-bond acceptors (Lipinski definition) is 4. The van der Waals surface area contributed by atoms with Crippen LogP contribution in [0.1, 0.15) is 33.4 Å². The summed E-state index contributed by atoms with van der Waals surface area (Å²) in [7, 11) is 0. The van der Waals surface area contributed by atoms with Gasteiger partial charge in [0.1, 0.15) is 11.8 Å². The summed E-state index contributed by atoms with van der Waals surface area (Å²) < 4.78 is 40.3. The fraction of sp³-hybridized carbons (Fsp3) is 0.167. The molecule has 33 heavy (non-hydrogen) atoms. The molecule has 2 aromatic carbocycles. The van der Waals surface area contributed by atoms with E-state index in [1.165, 1.54) is 18.2 Å². The van der Waals surface area contributed by atoms with Gasteiger partial charge in [0.15, 0.2) is 0 Å². The second-order valence-corrected chi connectivity index (χ2v) is 7.64. The van der Waals surface area contributed by atoms with Gasteiger partial charge in [0.2, 0.25) is 0 Å². The van der Waals surface area contributed by atoms with E-state index in [0.29, 0.717) is 12.1 Å². The van der Waals surface area contributed by atoms with Gasteiger partial charge in [-0.15, -0.1) is 0 Å². The lowest BCUT2D eigenvalue weighted by molar-refractivity contribution is -0.137. The summed E-state index contributed by atoms with van der Waals surface area (Å²) in [6.07, 6.45) is -3.78. The van der Waals surface area contributed by atoms with E-state index >= 15 is 0 Å². The Labute approximate surface area is 186 Å². The lowest BCUT2D eigenvalue weighted by Gasteiger charge is -2.12. The number of alkyl halides is 3. The van der Waals surface area contributed by atoms with E-state index in [0.717, 1.165) is 34.2 Å². The molecule has 0 radical (unpaired) electrons. The molecule has 0 fully saturated rings. The second kappa shape index (κ2) is 8.68. The first-order valence-corrected chi connectivity index (χ1v) is 10.0. The standard InChI is InChI=1S/C24H20F3N3O3/c25-24(26,27)18-4-1-14(2-5-18)12-30-8-7-16-9-15(3-6-21(16)30)17-10-19(22(32)13-31)29-20(11-17)23(28)33/h1-11,22,31-32H,12-13H2,(H2,28,33)/t22-/m1/s1. The van der Waals surface area contributed by atoms with Crippen LogP contribution in [0.25, 0.3) is 22.0 Å². The Morgan fingerprint density at radius 1 is 1.03 bits per heavy atom. The van der Waals surface area contributed by atoms with Crippen molar-refractivity contribution >= 4 is 16.8 Å². The number of aromatic nitrogens is 2. The molecule has 0 aliphatic rings. The van der Waals surface area contributed by atoms with Crippen LogP contribution in [0.3, 0.4) is 0 Å². The van der Waals surface area contributed by atoms with Crippen LogP contribution in [0.15, 0.2) is 66.9 Å². The van der Waals surface area contributed by atoms with Crippen LogP contribution in [0.2, 0.25) is 0 Å². The predicted octanol–water partition coefficient (Wildman–Crippen LogP) is 3.90. The molecule has 0 unspecified atom stereocenters. The van der Waals surface area contributed by atoms with Gasteiger partial charge in [-0.25, -0.2) is 4.98 Å². The van der Waals surface area contributed by atoms with Crippen molar-refractivity contribution in [3.05, 3.63) is 89.4 Å².